The molecule has 1 rings (SSSR count). The molecule has 12 heavy (non-hydrogen) atoms. The van der Waals surface area contributed by atoms with Crippen LogP contribution < -0.4 is 5.73 Å². The largest absolute Gasteiger partial charge is 0.481 e. The van der Waals surface area contributed by atoms with E-state index in [4.69, 9.17) is 10.8 Å². The Kier molecular flexibility index (Phi) is 2.65. The normalized spacial score (nSPS) is 12.4. The minimum atomic E-state index is -0.965. The topological polar surface area (TPSA) is 102 Å². The molecule has 0 aromatic carbocycles. The summed E-state index contributed by atoms with van der Waals surface area (Å²) in [6.45, 7) is 0. The maximum atomic E-state index is 10.2. The van der Waals surface area contributed by atoms with Crippen LogP contribution in [0.3, 0.4) is 0 Å². The SMILES string of the molecule is NC(CC(=O)O)c1cncnn1. The number of rotatable bonds is 3. The lowest BCUT2D eigenvalue weighted by atomic mass is 10.2. The van der Waals surface area contributed by atoms with Crippen molar-refractivity contribution in [2.45, 2.75) is 12.5 Å². The number of aromatic nitrogens is 3. The van der Waals surface area contributed by atoms with Crippen LogP contribution in [0.25, 0.3) is 0 Å². The van der Waals surface area contributed by atoms with E-state index in [9.17, 15) is 4.79 Å². The van der Waals surface area contributed by atoms with Crippen LogP contribution in [0.4, 0.5) is 0 Å². The zero-order valence-electron chi connectivity index (χ0n) is 6.21. The van der Waals surface area contributed by atoms with E-state index >= 15 is 0 Å². The van der Waals surface area contributed by atoms with Gasteiger partial charge in [-0.05, 0) is 0 Å². The molecule has 1 heterocycles. The van der Waals surface area contributed by atoms with Crippen LogP contribution in [-0.2, 0) is 4.79 Å². The summed E-state index contributed by atoms with van der Waals surface area (Å²) in [4.78, 5) is 13.9. The molecule has 0 amide bonds. The van der Waals surface area contributed by atoms with Gasteiger partial charge in [-0.3, -0.25) is 4.79 Å². The van der Waals surface area contributed by atoms with E-state index < -0.39 is 12.0 Å². The van der Waals surface area contributed by atoms with Crippen LogP contribution in [0.15, 0.2) is 12.5 Å². The lowest BCUT2D eigenvalue weighted by Gasteiger charge is -2.04. The first-order chi connectivity index (χ1) is 5.70. The highest BCUT2D eigenvalue weighted by atomic mass is 16.4. The molecule has 6 nitrogen and oxygen atoms in total. The van der Waals surface area contributed by atoms with Gasteiger partial charge in [-0.1, -0.05) is 0 Å². The van der Waals surface area contributed by atoms with Gasteiger partial charge in [-0.25, -0.2) is 4.98 Å². The van der Waals surface area contributed by atoms with Crippen LogP contribution in [0.1, 0.15) is 18.2 Å². The van der Waals surface area contributed by atoms with Crippen LogP contribution in [0.2, 0.25) is 0 Å². The standard InChI is InChI=1S/C6H8N4O2/c7-4(1-6(11)12)5-2-8-3-9-10-5/h2-4H,1,7H2,(H,11,12). The number of nitrogens with two attached hydrogens (primary N) is 1. The Labute approximate surface area is 68.4 Å². The minimum absolute atomic E-state index is 0.166. The average Bonchev–Trinajstić information content (AvgIpc) is 2.05. The fourth-order valence-electron chi connectivity index (χ4n) is 0.720. The molecule has 3 N–H and O–H groups in total. The van der Waals surface area contributed by atoms with Crippen molar-refractivity contribution in [2.75, 3.05) is 0 Å². The van der Waals surface area contributed by atoms with E-state index in [0.717, 1.165) is 0 Å². The van der Waals surface area contributed by atoms with Crippen molar-refractivity contribution in [2.24, 2.45) is 5.73 Å². The third-order valence-electron chi connectivity index (χ3n) is 1.27. The molecule has 0 spiro atoms. The van der Waals surface area contributed by atoms with Gasteiger partial charge in [0, 0.05) is 0 Å². The van der Waals surface area contributed by atoms with E-state index in [1.807, 2.05) is 0 Å². The van der Waals surface area contributed by atoms with Gasteiger partial charge in [-0.15, -0.1) is 5.10 Å². The van der Waals surface area contributed by atoms with Gasteiger partial charge >= 0.3 is 5.97 Å². The highest BCUT2D eigenvalue weighted by Gasteiger charge is 2.11. The first-order valence-electron chi connectivity index (χ1n) is 3.30. The summed E-state index contributed by atoms with van der Waals surface area (Å²) in [7, 11) is 0. The highest BCUT2D eigenvalue weighted by Crippen LogP contribution is 2.07. The molecule has 0 radical (unpaired) electrons. The Bertz CT molecular complexity index is 264. The van der Waals surface area contributed by atoms with Gasteiger partial charge in [0.15, 0.2) is 0 Å². The van der Waals surface area contributed by atoms with E-state index in [2.05, 4.69) is 15.2 Å². The van der Waals surface area contributed by atoms with Crippen molar-refractivity contribution in [3.63, 3.8) is 0 Å². The summed E-state index contributed by atoms with van der Waals surface area (Å²) in [5.74, 6) is -0.965. The molecular weight excluding hydrogens is 160 g/mol. The Morgan fingerprint density at radius 2 is 2.50 bits per heavy atom. The van der Waals surface area contributed by atoms with Crippen molar-refractivity contribution in [1.29, 1.82) is 0 Å². The zero-order valence-corrected chi connectivity index (χ0v) is 6.21. The third kappa shape index (κ3) is 2.24. The maximum absolute atomic E-state index is 10.2. The predicted molar refractivity (Wildman–Crippen MR) is 39.0 cm³/mol. The Balaban J connectivity index is 2.65. The molecule has 0 aliphatic heterocycles. The lowest BCUT2D eigenvalue weighted by molar-refractivity contribution is -0.137. The summed E-state index contributed by atoms with van der Waals surface area (Å²) < 4.78 is 0. The van der Waals surface area contributed by atoms with Crippen molar-refractivity contribution in [1.82, 2.24) is 15.2 Å². The average molecular weight is 168 g/mol. The summed E-state index contributed by atoms with van der Waals surface area (Å²) in [5, 5.41) is 15.5. The minimum Gasteiger partial charge on any atom is -0.481 e. The summed E-state index contributed by atoms with van der Waals surface area (Å²) >= 11 is 0. The molecule has 0 bridgehead atoms. The second-order valence-electron chi connectivity index (χ2n) is 2.24. The molecule has 0 aliphatic carbocycles. The van der Waals surface area contributed by atoms with Crippen molar-refractivity contribution >= 4 is 5.97 Å². The van der Waals surface area contributed by atoms with Crippen LogP contribution in [0, 0.1) is 0 Å². The smallest absolute Gasteiger partial charge is 0.305 e. The number of hydrogen-bond donors (Lipinski definition) is 2. The van der Waals surface area contributed by atoms with E-state index in [0.29, 0.717) is 5.69 Å². The molecule has 1 aromatic heterocycles. The summed E-state index contributed by atoms with van der Waals surface area (Å²) in [6, 6.07) is -0.635. The second kappa shape index (κ2) is 3.72. The molecule has 0 saturated carbocycles. The number of carbonyl (C=O) groups is 1. The van der Waals surface area contributed by atoms with Crippen LogP contribution >= 0.6 is 0 Å². The molecule has 0 aliphatic rings. The number of carboxylic acids is 1. The van der Waals surface area contributed by atoms with Crippen molar-refractivity contribution in [3.8, 4) is 0 Å². The molecule has 1 unspecified atom stereocenters. The second-order valence-corrected chi connectivity index (χ2v) is 2.24. The summed E-state index contributed by atoms with van der Waals surface area (Å²) in [6.07, 6.45) is 2.50. The predicted octanol–water partition coefficient (Wildman–Crippen LogP) is -0.654. The number of nitrogens with zero attached hydrogens (tertiary/aromatic N) is 3. The molecule has 0 saturated heterocycles. The van der Waals surface area contributed by atoms with Crippen molar-refractivity contribution in [3.05, 3.63) is 18.2 Å². The van der Waals surface area contributed by atoms with Gasteiger partial charge in [0.25, 0.3) is 0 Å². The number of aliphatic carboxylic acids is 1. The molecular formula is C6H8N4O2. The van der Waals surface area contributed by atoms with Crippen LogP contribution in [0.5, 0.6) is 0 Å². The Morgan fingerprint density at radius 1 is 1.75 bits per heavy atom. The molecule has 64 valence electrons. The maximum Gasteiger partial charge on any atom is 0.305 e. The van der Waals surface area contributed by atoms with E-state index in [1.165, 1.54) is 12.5 Å². The Morgan fingerprint density at radius 3 is 3.00 bits per heavy atom. The zero-order chi connectivity index (χ0) is 8.97. The fraction of sp³-hybridized carbons (Fsp3) is 0.333. The fourth-order valence-corrected chi connectivity index (χ4v) is 0.720. The van der Waals surface area contributed by atoms with Gasteiger partial charge in [-0.2, -0.15) is 5.10 Å². The van der Waals surface area contributed by atoms with Gasteiger partial charge in [0.2, 0.25) is 0 Å². The quantitative estimate of drug-likeness (QED) is 0.621. The first kappa shape index (κ1) is 8.54. The van der Waals surface area contributed by atoms with Gasteiger partial charge in [0.1, 0.15) is 6.33 Å². The van der Waals surface area contributed by atoms with E-state index in [1.54, 1.807) is 0 Å². The molecule has 1 aromatic rings. The number of hydrogen-bond acceptors (Lipinski definition) is 5. The van der Waals surface area contributed by atoms with E-state index in [-0.39, 0.29) is 6.42 Å². The highest BCUT2D eigenvalue weighted by molar-refractivity contribution is 5.67. The first-order valence-corrected chi connectivity index (χ1v) is 3.30. The number of carboxylic acid groups (broad SMARTS) is 1. The third-order valence-corrected chi connectivity index (χ3v) is 1.27. The molecule has 6 heteroatoms. The van der Waals surface area contributed by atoms with Gasteiger partial charge < -0.3 is 10.8 Å². The monoisotopic (exact) mass is 168 g/mol. The van der Waals surface area contributed by atoms with Gasteiger partial charge in [0.05, 0.1) is 24.4 Å². The van der Waals surface area contributed by atoms with Crippen molar-refractivity contribution < 1.29 is 9.90 Å². The summed E-state index contributed by atoms with van der Waals surface area (Å²) in [5.41, 5.74) is 5.86. The van der Waals surface area contributed by atoms with Crippen LogP contribution in [-0.4, -0.2) is 26.3 Å². The molecule has 0 fully saturated rings. The lowest BCUT2D eigenvalue weighted by Crippen LogP contribution is -2.16. The Hall–Kier alpha value is -1.56. The molecule has 1 atom stereocenters.